The van der Waals surface area contributed by atoms with Crippen molar-refractivity contribution in [3.8, 4) is 0 Å². The molecule has 0 heterocycles. The van der Waals surface area contributed by atoms with Gasteiger partial charge in [-0.3, -0.25) is 4.79 Å². The molecule has 0 aliphatic carbocycles. The van der Waals surface area contributed by atoms with Crippen molar-refractivity contribution in [1.82, 2.24) is 5.32 Å². The normalized spacial score (nSPS) is 9.14. The van der Waals surface area contributed by atoms with Crippen molar-refractivity contribution in [2.24, 2.45) is 0 Å². The molecule has 1 N–H and O–H groups in total. The first-order chi connectivity index (χ1) is 6.75. The van der Waals surface area contributed by atoms with Crippen LogP contribution in [0.3, 0.4) is 0 Å². The lowest BCUT2D eigenvalue weighted by Gasteiger charge is -2.05. The smallest absolute Gasteiger partial charge is 0.251 e. The molecule has 1 aromatic rings. The first kappa shape index (κ1) is 10.3. The molecule has 2 nitrogen and oxygen atoms in total. The van der Waals surface area contributed by atoms with Crippen LogP contribution in [0.5, 0.6) is 0 Å². The molecule has 2 heteroatoms. The van der Waals surface area contributed by atoms with E-state index in [0.717, 1.165) is 5.56 Å². The fourth-order valence-corrected chi connectivity index (χ4v) is 1.04. The predicted molar refractivity (Wildman–Crippen MR) is 58.7 cm³/mol. The number of hydrogen-bond donors (Lipinski definition) is 1. The number of carbonyl (C=O) groups is 1. The zero-order chi connectivity index (χ0) is 10.4. The van der Waals surface area contributed by atoms with E-state index < -0.39 is 0 Å². The van der Waals surface area contributed by atoms with E-state index in [-0.39, 0.29) is 5.91 Å². The van der Waals surface area contributed by atoms with Crippen molar-refractivity contribution < 1.29 is 4.79 Å². The molecule has 0 radical (unpaired) electrons. The fraction of sp³-hybridized carbons (Fsp3) is 0.0833. The average Bonchev–Trinajstić information content (AvgIpc) is 2.26. The van der Waals surface area contributed by atoms with E-state index in [1.807, 2.05) is 30.3 Å². The first-order valence-electron chi connectivity index (χ1n) is 4.39. The maximum Gasteiger partial charge on any atom is 0.251 e. The molecule has 0 atom stereocenters. The highest BCUT2D eigenvalue weighted by Gasteiger charge is 2.06. The number of nitrogens with one attached hydrogen (secondary N) is 1. The van der Waals surface area contributed by atoms with Crippen LogP contribution < -0.4 is 5.32 Å². The minimum atomic E-state index is -0.156. The summed E-state index contributed by atoms with van der Waals surface area (Å²) in [6.45, 7) is 7.71. The summed E-state index contributed by atoms with van der Waals surface area (Å²) in [4.78, 5) is 11.4. The SMILES string of the molecule is C=CCNC(=O)C(=C)c1ccccc1. The van der Waals surface area contributed by atoms with Gasteiger partial charge in [0.1, 0.15) is 0 Å². The van der Waals surface area contributed by atoms with Crippen LogP contribution in [0, 0.1) is 0 Å². The summed E-state index contributed by atoms with van der Waals surface area (Å²) < 4.78 is 0. The molecule has 0 saturated heterocycles. The molecule has 14 heavy (non-hydrogen) atoms. The molecule has 0 spiro atoms. The molecular formula is C12H13NO. The van der Waals surface area contributed by atoms with Crippen LogP contribution >= 0.6 is 0 Å². The standard InChI is InChI=1S/C12H13NO/c1-3-9-13-12(14)10(2)11-7-5-4-6-8-11/h3-8H,1-2,9H2,(H,13,14). The molecule has 1 rings (SSSR count). The summed E-state index contributed by atoms with van der Waals surface area (Å²) >= 11 is 0. The van der Waals surface area contributed by atoms with Gasteiger partial charge in [0.25, 0.3) is 5.91 Å². The molecule has 1 amide bonds. The third-order valence-corrected chi connectivity index (χ3v) is 1.80. The molecule has 72 valence electrons. The number of hydrogen-bond acceptors (Lipinski definition) is 1. The zero-order valence-electron chi connectivity index (χ0n) is 7.99. The highest BCUT2D eigenvalue weighted by Crippen LogP contribution is 2.10. The fourth-order valence-electron chi connectivity index (χ4n) is 1.04. The number of rotatable bonds is 4. The van der Waals surface area contributed by atoms with E-state index >= 15 is 0 Å². The Morgan fingerprint density at radius 2 is 2.00 bits per heavy atom. The Morgan fingerprint density at radius 3 is 2.57 bits per heavy atom. The van der Waals surface area contributed by atoms with E-state index in [1.165, 1.54) is 0 Å². The second-order valence-electron chi connectivity index (χ2n) is 2.84. The third-order valence-electron chi connectivity index (χ3n) is 1.80. The topological polar surface area (TPSA) is 29.1 Å². The number of amides is 1. The summed E-state index contributed by atoms with van der Waals surface area (Å²) in [5.41, 5.74) is 1.32. The second-order valence-corrected chi connectivity index (χ2v) is 2.84. The van der Waals surface area contributed by atoms with Crippen LogP contribution in [0.2, 0.25) is 0 Å². The largest absolute Gasteiger partial charge is 0.349 e. The van der Waals surface area contributed by atoms with Crippen molar-refractivity contribution in [1.29, 1.82) is 0 Å². The zero-order valence-corrected chi connectivity index (χ0v) is 7.99. The Balaban J connectivity index is 2.66. The minimum Gasteiger partial charge on any atom is -0.349 e. The van der Waals surface area contributed by atoms with Crippen LogP contribution in [-0.4, -0.2) is 12.5 Å². The lowest BCUT2D eigenvalue weighted by molar-refractivity contribution is -0.115. The van der Waals surface area contributed by atoms with E-state index in [9.17, 15) is 4.79 Å². The number of benzene rings is 1. The van der Waals surface area contributed by atoms with Gasteiger partial charge in [0, 0.05) is 12.1 Å². The molecule has 1 aromatic carbocycles. The lowest BCUT2D eigenvalue weighted by Crippen LogP contribution is -2.23. The van der Waals surface area contributed by atoms with Gasteiger partial charge < -0.3 is 5.32 Å². The number of carbonyl (C=O) groups excluding carboxylic acids is 1. The molecule has 0 aliphatic rings. The maximum absolute atomic E-state index is 11.4. The van der Waals surface area contributed by atoms with Gasteiger partial charge in [0.05, 0.1) is 0 Å². The van der Waals surface area contributed by atoms with E-state index in [0.29, 0.717) is 12.1 Å². The monoisotopic (exact) mass is 187 g/mol. The average molecular weight is 187 g/mol. The molecule has 0 unspecified atom stereocenters. The lowest BCUT2D eigenvalue weighted by atomic mass is 10.1. The van der Waals surface area contributed by atoms with Crippen molar-refractivity contribution >= 4 is 11.5 Å². The van der Waals surface area contributed by atoms with E-state index in [4.69, 9.17) is 0 Å². The van der Waals surface area contributed by atoms with Crippen LogP contribution in [-0.2, 0) is 4.79 Å². The highest BCUT2D eigenvalue weighted by atomic mass is 16.1. The Bertz CT molecular complexity index is 341. The van der Waals surface area contributed by atoms with Crippen molar-refractivity contribution in [3.63, 3.8) is 0 Å². The summed E-state index contributed by atoms with van der Waals surface area (Å²) in [6, 6.07) is 9.37. The summed E-state index contributed by atoms with van der Waals surface area (Å²) in [5.74, 6) is -0.156. The maximum atomic E-state index is 11.4. The highest BCUT2D eigenvalue weighted by molar-refractivity contribution is 6.18. The van der Waals surface area contributed by atoms with Gasteiger partial charge in [-0.1, -0.05) is 43.0 Å². The van der Waals surface area contributed by atoms with Crippen molar-refractivity contribution in [2.45, 2.75) is 0 Å². The molecule has 0 aromatic heterocycles. The Hall–Kier alpha value is -1.83. The summed E-state index contributed by atoms with van der Waals surface area (Å²) in [6.07, 6.45) is 1.64. The molecule has 0 bridgehead atoms. The Morgan fingerprint density at radius 1 is 1.36 bits per heavy atom. The van der Waals surface area contributed by atoms with Crippen LogP contribution in [0.15, 0.2) is 49.6 Å². The predicted octanol–water partition coefficient (Wildman–Crippen LogP) is 2.00. The summed E-state index contributed by atoms with van der Waals surface area (Å²) in [7, 11) is 0. The van der Waals surface area contributed by atoms with Gasteiger partial charge in [-0.25, -0.2) is 0 Å². The second kappa shape index (κ2) is 5.02. The van der Waals surface area contributed by atoms with Gasteiger partial charge >= 0.3 is 0 Å². The van der Waals surface area contributed by atoms with Gasteiger partial charge in [-0.15, -0.1) is 6.58 Å². The molecular weight excluding hydrogens is 174 g/mol. The van der Waals surface area contributed by atoms with E-state index in [2.05, 4.69) is 18.5 Å². The van der Waals surface area contributed by atoms with Gasteiger partial charge in [-0.05, 0) is 5.56 Å². The third kappa shape index (κ3) is 2.59. The molecule has 0 fully saturated rings. The van der Waals surface area contributed by atoms with Gasteiger partial charge in [-0.2, -0.15) is 0 Å². The Kier molecular flexibility index (Phi) is 3.68. The van der Waals surface area contributed by atoms with Crippen molar-refractivity contribution in [2.75, 3.05) is 6.54 Å². The molecule has 0 saturated carbocycles. The van der Waals surface area contributed by atoms with Crippen LogP contribution in [0.1, 0.15) is 5.56 Å². The van der Waals surface area contributed by atoms with Gasteiger partial charge in [0.15, 0.2) is 0 Å². The van der Waals surface area contributed by atoms with Crippen molar-refractivity contribution in [3.05, 3.63) is 55.1 Å². The van der Waals surface area contributed by atoms with Crippen LogP contribution in [0.4, 0.5) is 0 Å². The Labute approximate surface area is 84.0 Å². The minimum absolute atomic E-state index is 0.156. The van der Waals surface area contributed by atoms with E-state index in [1.54, 1.807) is 6.08 Å². The van der Waals surface area contributed by atoms with Gasteiger partial charge in [0.2, 0.25) is 0 Å². The van der Waals surface area contributed by atoms with Crippen LogP contribution in [0.25, 0.3) is 5.57 Å². The first-order valence-corrected chi connectivity index (χ1v) is 4.39. The molecule has 0 aliphatic heterocycles. The summed E-state index contributed by atoms with van der Waals surface area (Å²) in [5, 5.41) is 2.67. The quantitative estimate of drug-likeness (QED) is 0.567.